The van der Waals surface area contributed by atoms with Crippen molar-refractivity contribution >= 4 is 13.9 Å². The molecule has 0 heterocycles. The van der Waals surface area contributed by atoms with Gasteiger partial charge in [-0.15, -0.1) is 0 Å². The Labute approximate surface area is 112 Å². The number of aryl methyl sites for hydroxylation is 1. The molecule has 1 aliphatic rings. The molecule has 3 rings (SSSR count). The minimum Gasteiger partial charge on any atom is -0.0936 e. The van der Waals surface area contributed by atoms with E-state index in [1.807, 2.05) is 13.8 Å². The lowest BCUT2D eigenvalue weighted by atomic mass is 10.0. The molecule has 0 spiro atoms. The molecule has 2 aromatic rings. The van der Waals surface area contributed by atoms with Crippen LogP contribution in [0.4, 0.5) is 0 Å². The van der Waals surface area contributed by atoms with Crippen molar-refractivity contribution in [2.75, 3.05) is 6.66 Å². The smallest absolute Gasteiger partial charge is 0.00131 e. The highest BCUT2D eigenvalue weighted by Crippen LogP contribution is 2.36. The Morgan fingerprint density at radius 2 is 1.50 bits per heavy atom. The van der Waals surface area contributed by atoms with Crippen LogP contribution in [0.2, 0.25) is 0 Å². The summed E-state index contributed by atoms with van der Waals surface area (Å²) < 4.78 is 0. The van der Waals surface area contributed by atoms with Crippen LogP contribution in [-0.4, -0.2) is 6.66 Å². The molecular formula is C17H21P. The second-order valence-electron chi connectivity index (χ2n) is 4.46. The molecule has 2 aromatic carbocycles. The summed E-state index contributed by atoms with van der Waals surface area (Å²) in [6.07, 6.45) is 1.12. The molecule has 94 valence electrons. The first-order chi connectivity index (χ1) is 8.78. The van der Waals surface area contributed by atoms with E-state index in [-0.39, 0.29) is 0 Å². The zero-order valence-corrected chi connectivity index (χ0v) is 12.7. The maximum atomic E-state index is 2.38. The molecule has 0 amide bonds. The van der Waals surface area contributed by atoms with Gasteiger partial charge >= 0.3 is 0 Å². The van der Waals surface area contributed by atoms with E-state index in [9.17, 15) is 0 Å². The Morgan fingerprint density at radius 3 is 2.17 bits per heavy atom. The third-order valence-corrected chi connectivity index (χ3v) is 4.21. The summed E-state index contributed by atoms with van der Waals surface area (Å²) in [5.74, 6) is 0. The molecule has 0 fully saturated rings. The van der Waals surface area contributed by atoms with E-state index in [2.05, 4.69) is 50.0 Å². The molecule has 0 nitrogen and oxygen atoms in total. The van der Waals surface area contributed by atoms with Gasteiger partial charge < -0.3 is 0 Å². The van der Waals surface area contributed by atoms with Gasteiger partial charge in [-0.3, -0.25) is 0 Å². The lowest BCUT2D eigenvalue weighted by molar-refractivity contribution is 1.25. The number of hydrogen-bond donors (Lipinski definition) is 0. The predicted octanol–water partition coefficient (Wildman–Crippen LogP) is 4.53. The molecule has 0 N–H and O–H groups in total. The van der Waals surface area contributed by atoms with Crippen molar-refractivity contribution in [2.24, 2.45) is 0 Å². The fourth-order valence-corrected chi connectivity index (χ4v) is 3.06. The molecule has 18 heavy (non-hydrogen) atoms. The first kappa shape index (κ1) is 13.3. The maximum Gasteiger partial charge on any atom is -0.00131 e. The number of hydrogen-bond acceptors (Lipinski definition) is 0. The predicted molar refractivity (Wildman–Crippen MR) is 84.6 cm³/mol. The summed E-state index contributed by atoms with van der Waals surface area (Å²) in [4.78, 5) is 0. The summed E-state index contributed by atoms with van der Waals surface area (Å²) in [6.45, 7) is 8.41. The van der Waals surface area contributed by atoms with Crippen molar-refractivity contribution in [3.63, 3.8) is 0 Å². The molecule has 1 heteroatoms. The lowest BCUT2D eigenvalue weighted by Gasteiger charge is -2.03. The number of rotatable bonds is 1. The standard InChI is InChI=1S/C15H15P.C2H6/c1-10-3-5-14-11(7-10)8-12-9-13(16-2)4-6-15(12)14;1-2/h3-7,9,16H,8H2,1-2H3;1-2H3. The van der Waals surface area contributed by atoms with E-state index in [0.29, 0.717) is 0 Å². The van der Waals surface area contributed by atoms with Crippen molar-refractivity contribution in [1.29, 1.82) is 0 Å². The average Bonchev–Trinajstić information content (AvgIpc) is 2.77. The fourth-order valence-electron chi connectivity index (χ4n) is 2.49. The van der Waals surface area contributed by atoms with E-state index in [1.54, 1.807) is 0 Å². The van der Waals surface area contributed by atoms with Gasteiger partial charge in [0.2, 0.25) is 0 Å². The van der Waals surface area contributed by atoms with Crippen molar-refractivity contribution in [3.8, 4) is 11.1 Å². The molecule has 1 unspecified atom stereocenters. The van der Waals surface area contributed by atoms with E-state index < -0.39 is 0 Å². The van der Waals surface area contributed by atoms with Gasteiger partial charge in [0.25, 0.3) is 0 Å². The van der Waals surface area contributed by atoms with Gasteiger partial charge in [0.05, 0.1) is 0 Å². The average molecular weight is 256 g/mol. The monoisotopic (exact) mass is 256 g/mol. The van der Waals surface area contributed by atoms with Gasteiger partial charge in [-0.05, 0) is 47.6 Å². The summed E-state index contributed by atoms with van der Waals surface area (Å²) in [5.41, 5.74) is 7.24. The summed E-state index contributed by atoms with van der Waals surface area (Å²) >= 11 is 0. The highest BCUT2D eigenvalue weighted by Gasteiger charge is 2.17. The second-order valence-corrected chi connectivity index (χ2v) is 5.54. The molecule has 0 saturated carbocycles. The Morgan fingerprint density at radius 1 is 0.889 bits per heavy atom. The molecule has 0 aromatic heterocycles. The largest absolute Gasteiger partial charge is 0.0936 e. The minimum atomic E-state index is 0.898. The summed E-state index contributed by atoms with van der Waals surface area (Å²) in [7, 11) is 0.898. The van der Waals surface area contributed by atoms with E-state index >= 15 is 0 Å². The zero-order chi connectivity index (χ0) is 13.1. The molecular weight excluding hydrogens is 235 g/mol. The van der Waals surface area contributed by atoms with Crippen LogP contribution in [0.15, 0.2) is 36.4 Å². The Kier molecular flexibility index (Phi) is 4.19. The van der Waals surface area contributed by atoms with Crippen molar-refractivity contribution in [2.45, 2.75) is 27.2 Å². The second kappa shape index (κ2) is 5.67. The van der Waals surface area contributed by atoms with Crippen LogP contribution in [0, 0.1) is 6.92 Å². The van der Waals surface area contributed by atoms with E-state index in [4.69, 9.17) is 0 Å². The quantitative estimate of drug-likeness (QED) is 0.561. The van der Waals surface area contributed by atoms with Crippen LogP contribution < -0.4 is 5.30 Å². The molecule has 0 radical (unpaired) electrons. The van der Waals surface area contributed by atoms with Crippen molar-refractivity contribution in [1.82, 2.24) is 0 Å². The van der Waals surface area contributed by atoms with Gasteiger partial charge in [0, 0.05) is 0 Å². The fraction of sp³-hybridized carbons (Fsp3) is 0.294. The third-order valence-electron chi connectivity index (χ3n) is 3.33. The first-order valence-electron chi connectivity index (χ1n) is 6.68. The van der Waals surface area contributed by atoms with Gasteiger partial charge in [0.15, 0.2) is 0 Å². The van der Waals surface area contributed by atoms with Gasteiger partial charge in [-0.1, -0.05) is 64.4 Å². The van der Waals surface area contributed by atoms with Gasteiger partial charge in [0.1, 0.15) is 0 Å². The molecule has 0 bridgehead atoms. The van der Waals surface area contributed by atoms with Crippen LogP contribution in [0.5, 0.6) is 0 Å². The van der Waals surface area contributed by atoms with Crippen LogP contribution in [0.3, 0.4) is 0 Å². The Bertz CT molecular complexity index is 556. The Balaban J connectivity index is 0.000000574. The van der Waals surface area contributed by atoms with Crippen LogP contribution in [0.1, 0.15) is 30.5 Å². The summed E-state index contributed by atoms with van der Waals surface area (Å²) in [5, 5.41) is 1.48. The van der Waals surface area contributed by atoms with Crippen LogP contribution >= 0.6 is 8.58 Å². The van der Waals surface area contributed by atoms with Crippen LogP contribution in [-0.2, 0) is 6.42 Å². The van der Waals surface area contributed by atoms with E-state index in [1.165, 1.54) is 33.1 Å². The van der Waals surface area contributed by atoms with Gasteiger partial charge in [-0.2, -0.15) is 0 Å². The molecule has 1 aliphatic carbocycles. The SMILES string of the molecule is CC.CPc1ccc2c(c1)Cc1cc(C)ccc1-2. The molecule has 0 saturated heterocycles. The third kappa shape index (κ3) is 2.35. The van der Waals surface area contributed by atoms with Crippen molar-refractivity contribution in [3.05, 3.63) is 53.1 Å². The normalized spacial score (nSPS) is 12.0. The van der Waals surface area contributed by atoms with Gasteiger partial charge in [-0.25, -0.2) is 0 Å². The molecule has 0 aliphatic heterocycles. The zero-order valence-electron chi connectivity index (χ0n) is 11.7. The number of fused-ring (bicyclic) bond motifs is 3. The number of benzene rings is 2. The molecule has 1 atom stereocenters. The highest BCUT2D eigenvalue weighted by molar-refractivity contribution is 7.46. The lowest BCUT2D eigenvalue weighted by Crippen LogP contribution is -1.94. The summed E-state index contributed by atoms with van der Waals surface area (Å²) in [6, 6.07) is 13.7. The first-order valence-corrected chi connectivity index (χ1v) is 8.18. The van der Waals surface area contributed by atoms with Crippen LogP contribution in [0.25, 0.3) is 11.1 Å². The highest BCUT2D eigenvalue weighted by atomic mass is 31.1. The topological polar surface area (TPSA) is 0 Å². The maximum absolute atomic E-state index is 2.38. The Hall–Kier alpha value is -1.13. The van der Waals surface area contributed by atoms with Crippen molar-refractivity contribution < 1.29 is 0 Å². The minimum absolute atomic E-state index is 0.898. The van der Waals surface area contributed by atoms with E-state index in [0.717, 1.165) is 15.0 Å².